The molecule has 1 saturated heterocycles. The number of halogens is 1. The van der Waals surface area contributed by atoms with E-state index in [-0.39, 0.29) is 12.4 Å². The van der Waals surface area contributed by atoms with Crippen molar-refractivity contribution in [2.75, 3.05) is 26.2 Å². The van der Waals surface area contributed by atoms with Gasteiger partial charge in [-0.3, -0.25) is 0 Å². The molecule has 0 spiro atoms. The van der Waals surface area contributed by atoms with Gasteiger partial charge in [-0.15, -0.1) is 16.8 Å². The zero-order valence-corrected chi connectivity index (χ0v) is 16.6. The fraction of sp³-hybridized carbons (Fsp3) is 0.500. The maximum Gasteiger partial charge on any atom is 0.285 e. The molecule has 3 rings (SSSR count). The zero-order chi connectivity index (χ0) is 17.3. The lowest BCUT2D eigenvalue weighted by Gasteiger charge is -2.22. The van der Waals surface area contributed by atoms with E-state index in [0.717, 1.165) is 43.7 Å². The van der Waals surface area contributed by atoms with Crippen LogP contribution >= 0.6 is 12.4 Å². The fourth-order valence-electron chi connectivity index (χ4n) is 3.26. The van der Waals surface area contributed by atoms with Gasteiger partial charge >= 0.3 is 0 Å². The smallest absolute Gasteiger partial charge is 0.285 e. The second kappa shape index (κ2) is 7.89. The normalized spacial score (nSPS) is 20.3. The molecule has 0 saturated carbocycles. The van der Waals surface area contributed by atoms with Gasteiger partial charge in [-0.25, -0.2) is 0 Å². The second-order valence-electron chi connectivity index (χ2n) is 6.71. The van der Waals surface area contributed by atoms with Crippen molar-refractivity contribution in [1.29, 1.82) is 0 Å². The summed E-state index contributed by atoms with van der Waals surface area (Å²) in [6.45, 7) is 9.55. The molecule has 0 amide bonds. The van der Waals surface area contributed by atoms with Gasteiger partial charge in [0.25, 0.3) is 10.0 Å². The maximum atomic E-state index is 12.6. The average Bonchev–Trinajstić information content (AvgIpc) is 2.73. The molecule has 1 aromatic carbocycles. The molecule has 2 aliphatic rings. The van der Waals surface area contributed by atoms with Crippen molar-refractivity contribution in [3.05, 3.63) is 41.0 Å². The Hall–Kier alpha value is -1.37. The van der Waals surface area contributed by atoms with Crippen molar-refractivity contribution in [2.45, 2.75) is 33.1 Å². The molecule has 25 heavy (non-hydrogen) atoms. The van der Waals surface area contributed by atoms with Crippen LogP contribution in [0.25, 0.3) is 4.91 Å². The summed E-state index contributed by atoms with van der Waals surface area (Å²) in [5, 5.41) is 3.33. The van der Waals surface area contributed by atoms with Gasteiger partial charge in [-0.2, -0.15) is 8.42 Å². The third-order valence-electron chi connectivity index (χ3n) is 4.62. The van der Waals surface area contributed by atoms with E-state index in [9.17, 15) is 8.42 Å². The van der Waals surface area contributed by atoms with Gasteiger partial charge in [-0.1, -0.05) is 38.1 Å². The Morgan fingerprint density at radius 1 is 1.12 bits per heavy atom. The first-order valence-electron chi connectivity index (χ1n) is 8.52. The minimum absolute atomic E-state index is 0. The number of rotatable bonds is 2. The Kier molecular flexibility index (Phi) is 6.30. The van der Waals surface area contributed by atoms with Crippen LogP contribution in [0, 0.1) is 0 Å². The molecule has 7 heteroatoms. The maximum absolute atomic E-state index is 12.6. The Morgan fingerprint density at radius 2 is 1.80 bits per heavy atom. The minimum Gasteiger partial charge on any atom is -0.354 e. The van der Waals surface area contributed by atoms with Crippen LogP contribution in [0.15, 0.2) is 34.2 Å². The van der Waals surface area contributed by atoms with Gasteiger partial charge in [0.2, 0.25) is 0 Å². The molecule has 138 valence electrons. The molecule has 2 aliphatic heterocycles. The number of hydrogen-bond donors (Lipinski definition) is 1. The van der Waals surface area contributed by atoms with Gasteiger partial charge in [-0.05, 0) is 36.9 Å². The molecule has 0 unspecified atom stereocenters. The number of nitrogens with one attached hydrogen (secondary N) is 1. The number of sulfonamides is 1. The lowest BCUT2D eigenvalue weighted by molar-refractivity contribution is 0.447. The van der Waals surface area contributed by atoms with Crippen molar-refractivity contribution in [2.24, 2.45) is 4.40 Å². The Balaban J connectivity index is 0.00000225. The van der Waals surface area contributed by atoms with Crippen LogP contribution in [0.3, 0.4) is 0 Å². The van der Waals surface area contributed by atoms with E-state index in [1.54, 1.807) is 0 Å². The summed E-state index contributed by atoms with van der Waals surface area (Å²) in [4.78, 5) is 2.44. The number of nitrogens with zero attached hydrogens (tertiary/aromatic N) is 2. The van der Waals surface area contributed by atoms with Crippen LogP contribution in [0.4, 0.5) is 0 Å². The van der Waals surface area contributed by atoms with Crippen LogP contribution in [0.2, 0.25) is 0 Å². The molecule has 1 aromatic rings. The lowest BCUT2D eigenvalue weighted by Crippen LogP contribution is -2.34. The first-order chi connectivity index (χ1) is 11.4. The van der Waals surface area contributed by atoms with E-state index in [2.05, 4.69) is 28.5 Å². The summed E-state index contributed by atoms with van der Waals surface area (Å²) in [5.41, 5.74) is 2.69. The van der Waals surface area contributed by atoms with Crippen LogP contribution in [0.1, 0.15) is 44.2 Å². The monoisotopic (exact) mass is 383 g/mol. The largest absolute Gasteiger partial charge is 0.354 e. The second-order valence-corrected chi connectivity index (χ2v) is 8.25. The first kappa shape index (κ1) is 19.9. The molecular formula is C18H26ClN3O2S. The predicted molar refractivity (Wildman–Crippen MR) is 106 cm³/mol. The Morgan fingerprint density at radius 3 is 2.44 bits per heavy atom. The summed E-state index contributed by atoms with van der Waals surface area (Å²) < 4.78 is 29.4. The third kappa shape index (κ3) is 4.07. The van der Waals surface area contributed by atoms with Crippen molar-refractivity contribution in [3.8, 4) is 0 Å². The van der Waals surface area contributed by atoms with Crippen molar-refractivity contribution in [3.63, 3.8) is 0 Å². The lowest BCUT2D eigenvalue weighted by atomic mass is 10.0. The highest BCUT2D eigenvalue weighted by Gasteiger charge is 2.33. The summed E-state index contributed by atoms with van der Waals surface area (Å²) in [6.07, 6.45) is 0.991. The highest BCUT2D eigenvalue weighted by molar-refractivity contribution is 8.00. The van der Waals surface area contributed by atoms with Crippen LogP contribution in [-0.4, -0.2) is 45.3 Å². The van der Waals surface area contributed by atoms with Crippen LogP contribution in [0.5, 0.6) is 0 Å². The predicted octanol–water partition coefficient (Wildman–Crippen LogP) is 3.00. The van der Waals surface area contributed by atoms with E-state index in [0.29, 0.717) is 16.7 Å². The number of benzene rings is 1. The summed E-state index contributed by atoms with van der Waals surface area (Å²) in [6, 6.07) is 7.80. The van der Waals surface area contributed by atoms with Gasteiger partial charge in [0.1, 0.15) is 10.7 Å². The minimum atomic E-state index is -3.63. The van der Waals surface area contributed by atoms with E-state index in [4.69, 9.17) is 0 Å². The van der Waals surface area contributed by atoms with Crippen molar-refractivity contribution in [1.82, 2.24) is 10.2 Å². The van der Waals surface area contributed by atoms with Gasteiger partial charge in [0.05, 0.1) is 0 Å². The van der Waals surface area contributed by atoms with E-state index < -0.39 is 10.0 Å². The fourth-order valence-corrected chi connectivity index (χ4v) is 4.74. The Labute approximate surface area is 156 Å². The molecule has 0 aliphatic carbocycles. The molecule has 0 atom stereocenters. The Bertz CT molecular complexity index is 775. The highest BCUT2D eigenvalue weighted by Crippen LogP contribution is 2.34. The standard InChI is InChI=1S/C18H25N3O2S.ClH/c1-13(2)15-5-7-16(8-6-15)17-14(3)18(20-24(17,22)23)21-11-4-9-19-10-12-21;/h5-8,13,19H,4,9-12H2,1-3H3;1H. The molecule has 5 nitrogen and oxygen atoms in total. The quantitative estimate of drug-likeness (QED) is 0.852. The average molecular weight is 384 g/mol. The van der Waals surface area contributed by atoms with E-state index >= 15 is 0 Å². The molecule has 2 heterocycles. The molecular weight excluding hydrogens is 358 g/mol. The first-order valence-corrected chi connectivity index (χ1v) is 9.96. The van der Waals surface area contributed by atoms with Gasteiger partial charge in [0.15, 0.2) is 0 Å². The van der Waals surface area contributed by atoms with E-state index in [1.807, 2.05) is 31.2 Å². The molecule has 1 N–H and O–H groups in total. The van der Waals surface area contributed by atoms with E-state index in [1.165, 1.54) is 5.56 Å². The molecule has 0 bridgehead atoms. The topological polar surface area (TPSA) is 61.8 Å². The molecule has 0 radical (unpaired) electrons. The van der Waals surface area contributed by atoms with Crippen molar-refractivity contribution >= 4 is 33.2 Å². The molecule has 1 fully saturated rings. The number of hydrogen-bond acceptors (Lipinski definition) is 4. The van der Waals surface area contributed by atoms with Crippen LogP contribution in [-0.2, 0) is 10.0 Å². The summed E-state index contributed by atoms with van der Waals surface area (Å²) >= 11 is 0. The van der Waals surface area contributed by atoms with Gasteiger partial charge < -0.3 is 10.2 Å². The summed E-state index contributed by atoms with van der Waals surface area (Å²) in [5.74, 6) is 1.03. The number of amidine groups is 1. The van der Waals surface area contributed by atoms with Gasteiger partial charge in [0, 0.05) is 25.2 Å². The zero-order valence-electron chi connectivity index (χ0n) is 14.9. The SMILES string of the molecule is CC1=C(c2ccc(C(C)C)cc2)S(=O)(=O)N=C1N1CCCNCC1.Cl. The van der Waals surface area contributed by atoms with Crippen molar-refractivity contribution < 1.29 is 8.42 Å². The highest BCUT2D eigenvalue weighted by atomic mass is 35.5. The van der Waals surface area contributed by atoms with Crippen LogP contribution < -0.4 is 5.32 Å². The third-order valence-corrected chi connectivity index (χ3v) is 6.09. The molecule has 0 aromatic heterocycles. The summed E-state index contributed by atoms with van der Waals surface area (Å²) in [7, 11) is -3.63.